The van der Waals surface area contributed by atoms with Gasteiger partial charge in [-0.25, -0.2) is 0 Å². The summed E-state index contributed by atoms with van der Waals surface area (Å²) in [6.45, 7) is 0. The largest absolute Gasteiger partial charge is 0.389 e. The summed E-state index contributed by atoms with van der Waals surface area (Å²) in [5, 5.41) is 0.376. The maximum Gasteiger partial charge on any atom is 0.389 e. The second-order valence-electron chi connectivity index (χ2n) is 3.53. The Balaban J connectivity index is 2.55. The highest BCUT2D eigenvalue weighted by molar-refractivity contribution is 9.09. The van der Waals surface area contributed by atoms with E-state index in [0.29, 0.717) is 11.8 Å². The molecule has 15 heavy (non-hydrogen) atoms. The number of halogens is 4. The molecule has 0 aromatic heterocycles. The molecule has 0 amide bonds. The quantitative estimate of drug-likeness (QED) is 0.726. The Kier molecular flexibility index (Phi) is 4.64. The summed E-state index contributed by atoms with van der Waals surface area (Å²) in [5.41, 5.74) is 0.950. The topological polar surface area (TPSA) is 0 Å². The van der Waals surface area contributed by atoms with E-state index in [1.165, 1.54) is 0 Å². The summed E-state index contributed by atoms with van der Waals surface area (Å²) in [7, 11) is 0. The third kappa shape index (κ3) is 5.21. The summed E-state index contributed by atoms with van der Waals surface area (Å²) < 4.78 is 36.5. The van der Waals surface area contributed by atoms with Crippen LogP contribution >= 0.6 is 15.9 Å². The zero-order valence-electron chi connectivity index (χ0n) is 8.10. The van der Waals surface area contributed by atoms with E-state index in [9.17, 15) is 13.2 Å². The molecule has 1 aromatic rings. The Morgan fingerprint density at radius 2 is 1.73 bits per heavy atom. The van der Waals surface area contributed by atoms with Crippen molar-refractivity contribution in [2.45, 2.75) is 19.0 Å². The predicted molar refractivity (Wildman–Crippen MR) is 58.1 cm³/mol. The van der Waals surface area contributed by atoms with Crippen LogP contribution in [0.4, 0.5) is 13.2 Å². The van der Waals surface area contributed by atoms with E-state index in [4.69, 9.17) is 0 Å². The van der Waals surface area contributed by atoms with Gasteiger partial charge >= 0.3 is 6.18 Å². The van der Waals surface area contributed by atoms with E-state index in [0.717, 1.165) is 5.56 Å². The summed E-state index contributed by atoms with van der Waals surface area (Å²) >= 11 is 3.13. The van der Waals surface area contributed by atoms with Gasteiger partial charge in [-0.2, -0.15) is 13.2 Å². The predicted octanol–water partition coefficient (Wildman–Crippen LogP) is 4.19. The smallest absolute Gasteiger partial charge is 0.171 e. The maximum atomic E-state index is 12.2. The van der Waals surface area contributed by atoms with Gasteiger partial charge in [0.25, 0.3) is 0 Å². The summed E-state index contributed by atoms with van der Waals surface area (Å²) in [6.07, 6.45) is -4.34. The van der Waals surface area contributed by atoms with Gasteiger partial charge in [-0.15, -0.1) is 0 Å². The lowest BCUT2D eigenvalue weighted by Crippen LogP contribution is -2.18. The van der Waals surface area contributed by atoms with Crippen LogP contribution in [0.15, 0.2) is 30.3 Å². The van der Waals surface area contributed by atoms with Crippen molar-refractivity contribution in [2.75, 3.05) is 5.33 Å². The average molecular weight is 281 g/mol. The third-order valence-corrected chi connectivity index (χ3v) is 3.02. The first-order valence-corrected chi connectivity index (χ1v) is 5.80. The Morgan fingerprint density at radius 1 is 1.13 bits per heavy atom. The normalized spacial score (nSPS) is 13.9. The van der Waals surface area contributed by atoms with Crippen LogP contribution in [-0.2, 0) is 6.42 Å². The Bertz CT molecular complexity index is 282. The number of rotatable bonds is 4. The molecule has 0 radical (unpaired) electrons. The average Bonchev–Trinajstić information content (AvgIpc) is 2.16. The van der Waals surface area contributed by atoms with Gasteiger partial charge in [0.15, 0.2) is 0 Å². The molecule has 0 aliphatic heterocycles. The van der Waals surface area contributed by atoms with Crippen LogP contribution in [0.25, 0.3) is 0 Å². The standard InChI is InChI=1S/C11H12BrF3/c12-8-10(7-11(13,14)15)6-9-4-2-1-3-5-9/h1-5,10H,6-8H2. The molecule has 4 heteroatoms. The molecular formula is C11H12BrF3. The van der Waals surface area contributed by atoms with Gasteiger partial charge < -0.3 is 0 Å². The zero-order chi connectivity index (χ0) is 11.3. The molecule has 0 saturated carbocycles. The monoisotopic (exact) mass is 280 g/mol. The molecule has 0 spiro atoms. The first kappa shape index (κ1) is 12.6. The molecule has 0 N–H and O–H groups in total. The summed E-state index contributed by atoms with van der Waals surface area (Å²) in [5.74, 6) is -0.382. The highest BCUT2D eigenvalue weighted by atomic mass is 79.9. The van der Waals surface area contributed by atoms with Gasteiger partial charge in [0.1, 0.15) is 0 Å². The first-order chi connectivity index (χ1) is 7.01. The summed E-state index contributed by atoms with van der Waals surface area (Å²) in [4.78, 5) is 0. The highest BCUT2D eigenvalue weighted by Crippen LogP contribution is 2.27. The minimum absolute atomic E-state index is 0.376. The van der Waals surface area contributed by atoms with E-state index in [2.05, 4.69) is 15.9 Å². The SMILES string of the molecule is FC(F)(F)CC(CBr)Cc1ccccc1. The van der Waals surface area contributed by atoms with Crippen molar-refractivity contribution in [1.82, 2.24) is 0 Å². The van der Waals surface area contributed by atoms with E-state index in [1.54, 1.807) is 0 Å². The van der Waals surface area contributed by atoms with E-state index < -0.39 is 12.6 Å². The van der Waals surface area contributed by atoms with Crippen molar-refractivity contribution >= 4 is 15.9 Å². The molecule has 0 saturated heterocycles. The Morgan fingerprint density at radius 3 is 2.20 bits per heavy atom. The lowest BCUT2D eigenvalue weighted by Gasteiger charge is -2.16. The van der Waals surface area contributed by atoms with Crippen molar-refractivity contribution in [1.29, 1.82) is 0 Å². The van der Waals surface area contributed by atoms with Gasteiger partial charge in [-0.05, 0) is 17.9 Å². The molecule has 1 unspecified atom stereocenters. The van der Waals surface area contributed by atoms with Crippen LogP contribution in [-0.4, -0.2) is 11.5 Å². The second kappa shape index (κ2) is 5.54. The summed E-state index contributed by atoms with van der Waals surface area (Å²) in [6, 6.07) is 9.25. The van der Waals surface area contributed by atoms with Gasteiger partial charge in [0.05, 0.1) is 0 Å². The van der Waals surface area contributed by atoms with Crippen LogP contribution in [0.2, 0.25) is 0 Å². The molecule has 0 aliphatic carbocycles. The van der Waals surface area contributed by atoms with Crippen molar-refractivity contribution < 1.29 is 13.2 Å². The zero-order valence-corrected chi connectivity index (χ0v) is 9.68. The molecule has 1 rings (SSSR count). The fourth-order valence-corrected chi connectivity index (χ4v) is 1.91. The van der Waals surface area contributed by atoms with Gasteiger partial charge in [0, 0.05) is 11.8 Å². The molecule has 0 nitrogen and oxygen atoms in total. The number of hydrogen-bond acceptors (Lipinski definition) is 0. The second-order valence-corrected chi connectivity index (χ2v) is 4.18. The lowest BCUT2D eigenvalue weighted by atomic mass is 9.98. The molecule has 84 valence electrons. The molecule has 0 bridgehead atoms. The molecule has 0 heterocycles. The van der Waals surface area contributed by atoms with Crippen LogP contribution in [0, 0.1) is 5.92 Å². The van der Waals surface area contributed by atoms with Crippen LogP contribution in [0.3, 0.4) is 0 Å². The lowest BCUT2D eigenvalue weighted by molar-refractivity contribution is -0.142. The van der Waals surface area contributed by atoms with E-state index >= 15 is 0 Å². The van der Waals surface area contributed by atoms with Crippen LogP contribution in [0.1, 0.15) is 12.0 Å². The molecule has 1 aromatic carbocycles. The third-order valence-electron chi connectivity index (χ3n) is 2.11. The van der Waals surface area contributed by atoms with Crippen molar-refractivity contribution in [3.05, 3.63) is 35.9 Å². The van der Waals surface area contributed by atoms with E-state index in [1.807, 2.05) is 30.3 Å². The van der Waals surface area contributed by atoms with Gasteiger partial charge in [0.2, 0.25) is 0 Å². The fourth-order valence-electron chi connectivity index (χ4n) is 1.46. The maximum absolute atomic E-state index is 12.2. The van der Waals surface area contributed by atoms with Gasteiger partial charge in [-0.3, -0.25) is 0 Å². The van der Waals surface area contributed by atoms with E-state index in [-0.39, 0.29) is 5.92 Å². The minimum Gasteiger partial charge on any atom is -0.171 e. The first-order valence-electron chi connectivity index (χ1n) is 4.68. The molecule has 0 fully saturated rings. The molecular weight excluding hydrogens is 269 g/mol. The van der Waals surface area contributed by atoms with Gasteiger partial charge in [-0.1, -0.05) is 46.3 Å². The number of benzene rings is 1. The number of alkyl halides is 4. The van der Waals surface area contributed by atoms with Crippen LogP contribution < -0.4 is 0 Å². The minimum atomic E-state index is -4.08. The van der Waals surface area contributed by atoms with Crippen molar-refractivity contribution in [3.63, 3.8) is 0 Å². The fraction of sp³-hybridized carbons (Fsp3) is 0.455. The van der Waals surface area contributed by atoms with Crippen molar-refractivity contribution in [2.24, 2.45) is 5.92 Å². The van der Waals surface area contributed by atoms with Crippen LogP contribution in [0.5, 0.6) is 0 Å². The molecule has 1 atom stereocenters. The number of hydrogen-bond donors (Lipinski definition) is 0. The Hall–Kier alpha value is -0.510. The van der Waals surface area contributed by atoms with Crippen molar-refractivity contribution in [3.8, 4) is 0 Å². The molecule has 0 aliphatic rings. The Labute approximate surface area is 95.6 Å². The highest BCUT2D eigenvalue weighted by Gasteiger charge is 2.31.